The van der Waals surface area contributed by atoms with Gasteiger partial charge in [-0.25, -0.2) is 4.79 Å². The molecule has 0 saturated carbocycles. The van der Waals surface area contributed by atoms with Gasteiger partial charge in [0, 0.05) is 33.8 Å². The number of hydrogen-bond donors (Lipinski definition) is 1. The Hall–Kier alpha value is -2.40. The lowest BCUT2D eigenvalue weighted by molar-refractivity contribution is -0.128. The summed E-state index contributed by atoms with van der Waals surface area (Å²) < 4.78 is 48.6. The van der Waals surface area contributed by atoms with Crippen LogP contribution in [0, 0.1) is 0 Å². The Morgan fingerprint density at radius 1 is 0.729 bits per heavy atom. The molecule has 0 radical (unpaired) electrons. The highest BCUT2D eigenvalue weighted by Gasteiger charge is 2.28. The molecule has 1 heterocycles. The molecule has 1 N–H and O–H groups in total. The first-order valence-corrected chi connectivity index (χ1v) is 17.1. The van der Waals surface area contributed by atoms with Crippen LogP contribution < -0.4 is 5.32 Å². The maximum absolute atomic E-state index is 12.9. The highest BCUT2D eigenvalue weighted by atomic mass is 16.6. The van der Waals surface area contributed by atoms with Crippen molar-refractivity contribution < 1.29 is 52.2 Å². The summed E-state index contributed by atoms with van der Waals surface area (Å²) in [5, 5.41) is 2.99. The van der Waals surface area contributed by atoms with Gasteiger partial charge in [-0.3, -0.25) is 9.69 Å². The lowest BCUT2D eigenvalue weighted by atomic mass is 10.0. The van der Waals surface area contributed by atoms with Crippen molar-refractivity contribution in [3.05, 3.63) is 35.9 Å². The molecular weight excluding hydrogens is 626 g/mol. The van der Waals surface area contributed by atoms with E-state index < -0.39 is 0 Å². The lowest BCUT2D eigenvalue weighted by Crippen LogP contribution is -2.52. The highest BCUT2D eigenvalue weighted by molar-refractivity contribution is 5.81. The van der Waals surface area contributed by atoms with Crippen LogP contribution in [0.25, 0.3) is 0 Å². The number of ether oxygens (including phenoxy) is 9. The monoisotopic (exact) mass is 685 g/mol. The number of carbonyl (C=O) groups is 2. The van der Waals surface area contributed by atoms with Crippen molar-refractivity contribution >= 4 is 12.0 Å². The summed E-state index contributed by atoms with van der Waals surface area (Å²) in [6, 6.07) is 9.39. The maximum atomic E-state index is 12.9. The second-order valence-corrected chi connectivity index (χ2v) is 11.1. The van der Waals surface area contributed by atoms with Crippen LogP contribution in [0.3, 0.4) is 0 Å². The van der Waals surface area contributed by atoms with Crippen molar-refractivity contribution in [1.82, 2.24) is 15.1 Å². The summed E-state index contributed by atoms with van der Waals surface area (Å²) in [4.78, 5) is 29.0. The van der Waals surface area contributed by atoms with Gasteiger partial charge >= 0.3 is 6.09 Å². The van der Waals surface area contributed by atoms with E-state index in [0.29, 0.717) is 119 Å². The van der Waals surface area contributed by atoms with E-state index >= 15 is 0 Å². The minimum absolute atomic E-state index is 0.00126. The van der Waals surface area contributed by atoms with E-state index in [4.69, 9.17) is 42.6 Å². The third-order valence-corrected chi connectivity index (χ3v) is 7.37. The molecule has 0 spiro atoms. The molecule has 2 amide bonds. The molecular formula is C34H59N3O11. The SMILES string of the molecule is COCCOCCOCCOCCOCCOCCOCCOCCNC(=O)C1CCCCN1CCN(C)C(=O)OCc1ccccc1. The second-order valence-electron chi connectivity index (χ2n) is 11.1. The van der Waals surface area contributed by atoms with E-state index in [-0.39, 0.29) is 24.6 Å². The van der Waals surface area contributed by atoms with Gasteiger partial charge in [-0.15, -0.1) is 0 Å². The molecule has 0 bridgehead atoms. The molecule has 1 saturated heterocycles. The van der Waals surface area contributed by atoms with E-state index in [9.17, 15) is 9.59 Å². The summed E-state index contributed by atoms with van der Waals surface area (Å²) in [6.07, 6.45) is 2.47. The molecule has 1 aromatic carbocycles. The van der Waals surface area contributed by atoms with Gasteiger partial charge in [-0.1, -0.05) is 36.8 Å². The zero-order valence-electron chi connectivity index (χ0n) is 29.1. The molecule has 2 rings (SSSR count). The van der Waals surface area contributed by atoms with Crippen molar-refractivity contribution in [2.75, 3.05) is 139 Å². The van der Waals surface area contributed by atoms with E-state index in [1.165, 1.54) is 0 Å². The summed E-state index contributed by atoms with van der Waals surface area (Å²) in [7, 11) is 3.36. The van der Waals surface area contributed by atoms with E-state index in [0.717, 1.165) is 31.4 Å². The van der Waals surface area contributed by atoms with Crippen LogP contribution in [0.4, 0.5) is 4.79 Å². The Labute approximate surface area is 286 Å². The van der Waals surface area contributed by atoms with Crippen LogP contribution in [0.15, 0.2) is 30.3 Å². The zero-order chi connectivity index (χ0) is 34.3. The average molecular weight is 686 g/mol. The molecule has 1 fully saturated rings. The van der Waals surface area contributed by atoms with E-state index in [1.807, 2.05) is 30.3 Å². The Morgan fingerprint density at radius 2 is 1.23 bits per heavy atom. The number of carbonyl (C=O) groups excluding carboxylic acids is 2. The predicted octanol–water partition coefficient (Wildman–Crippen LogP) is 1.99. The molecule has 14 heteroatoms. The van der Waals surface area contributed by atoms with E-state index in [2.05, 4.69) is 10.2 Å². The number of rotatable bonds is 30. The van der Waals surface area contributed by atoms with E-state index in [1.54, 1.807) is 19.1 Å². The summed E-state index contributed by atoms with van der Waals surface area (Å²) in [6.45, 7) is 10.1. The van der Waals surface area contributed by atoms with Crippen molar-refractivity contribution in [2.45, 2.75) is 31.9 Å². The van der Waals surface area contributed by atoms with Crippen molar-refractivity contribution in [3.63, 3.8) is 0 Å². The summed E-state index contributed by atoms with van der Waals surface area (Å²) in [5.74, 6) is -0.00126. The van der Waals surface area contributed by atoms with Crippen LogP contribution >= 0.6 is 0 Å². The number of amides is 2. The summed E-state index contributed by atoms with van der Waals surface area (Å²) in [5.41, 5.74) is 0.945. The van der Waals surface area contributed by atoms with Gasteiger partial charge in [0.15, 0.2) is 0 Å². The zero-order valence-corrected chi connectivity index (χ0v) is 29.1. The first kappa shape index (κ1) is 41.8. The number of likely N-dealkylation sites (tertiary alicyclic amines) is 1. The molecule has 276 valence electrons. The molecule has 1 atom stereocenters. The van der Waals surface area contributed by atoms with Crippen LogP contribution in [-0.4, -0.2) is 167 Å². The van der Waals surface area contributed by atoms with Gasteiger partial charge in [-0.2, -0.15) is 0 Å². The van der Waals surface area contributed by atoms with Crippen molar-refractivity contribution in [1.29, 1.82) is 0 Å². The van der Waals surface area contributed by atoms with Gasteiger partial charge in [-0.05, 0) is 24.9 Å². The first-order chi connectivity index (χ1) is 23.6. The fourth-order valence-electron chi connectivity index (χ4n) is 4.68. The minimum atomic E-state index is -0.372. The molecule has 48 heavy (non-hydrogen) atoms. The molecule has 1 aromatic rings. The fraction of sp³-hybridized carbons (Fsp3) is 0.765. The number of piperidine rings is 1. The predicted molar refractivity (Wildman–Crippen MR) is 179 cm³/mol. The molecule has 1 unspecified atom stereocenters. The minimum Gasteiger partial charge on any atom is -0.445 e. The fourth-order valence-corrected chi connectivity index (χ4v) is 4.68. The number of likely N-dealkylation sites (N-methyl/N-ethyl adjacent to an activating group) is 1. The summed E-state index contributed by atoms with van der Waals surface area (Å²) >= 11 is 0. The second kappa shape index (κ2) is 29.5. The number of hydrogen-bond acceptors (Lipinski definition) is 12. The quantitative estimate of drug-likeness (QED) is 0.119. The standard InChI is InChI=1S/C34H59N3O11/c1-36(34(39)48-30-31-8-4-3-5-9-31)13-14-37-12-7-6-10-32(37)33(38)35-11-15-41-18-19-43-22-23-45-26-27-47-29-28-46-25-24-44-21-20-42-17-16-40-2/h3-5,8-9,32H,6-7,10-30H2,1-2H3,(H,35,38). The number of nitrogens with one attached hydrogen (secondary N) is 1. The first-order valence-electron chi connectivity index (χ1n) is 17.1. The third kappa shape index (κ3) is 21.5. The average Bonchev–Trinajstić information content (AvgIpc) is 3.11. The Morgan fingerprint density at radius 3 is 1.75 bits per heavy atom. The van der Waals surface area contributed by atoms with Gasteiger partial charge in [0.1, 0.15) is 6.61 Å². The molecule has 1 aliphatic rings. The van der Waals surface area contributed by atoms with Crippen LogP contribution in [-0.2, 0) is 54.0 Å². The topological polar surface area (TPSA) is 136 Å². The van der Waals surface area contributed by atoms with Crippen LogP contribution in [0.2, 0.25) is 0 Å². The Kier molecular flexibility index (Phi) is 25.7. The third-order valence-electron chi connectivity index (χ3n) is 7.37. The number of methoxy groups -OCH3 is 1. The van der Waals surface area contributed by atoms with Crippen molar-refractivity contribution in [2.24, 2.45) is 0 Å². The molecule has 0 aliphatic carbocycles. The van der Waals surface area contributed by atoms with Crippen molar-refractivity contribution in [3.8, 4) is 0 Å². The smallest absolute Gasteiger partial charge is 0.409 e. The molecule has 0 aromatic heterocycles. The van der Waals surface area contributed by atoms with Gasteiger partial charge in [0.2, 0.25) is 5.91 Å². The van der Waals surface area contributed by atoms with Crippen LogP contribution in [0.1, 0.15) is 24.8 Å². The lowest BCUT2D eigenvalue weighted by Gasteiger charge is -2.35. The molecule has 14 nitrogen and oxygen atoms in total. The van der Waals surface area contributed by atoms with Gasteiger partial charge in [0.05, 0.1) is 105 Å². The van der Waals surface area contributed by atoms with Crippen LogP contribution in [0.5, 0.6) is 0 Å². The largest absolute Gasteiger partial charge is 0.445 e. The highest BCUT2D eigenvalue weighted by Crippen LogP contribution is 2.17. The molecule has 1 aliphatic heterocycles. The maximum Gasteiger partial charge on any atom is 0.409 e. The number of benzene rings is 1. The number of nitrogens with zero attached hydrogens (tertiary/aromatic N) is 2. The van der Waals surface area contributed by atoms with Gasteiger partial charge < -0.3 is 52.8 Å². The Bertz CT molecular complexity index is 916. The normalized spacial score (nSPS) is 15.0. The van der Waals surface area contributed by atoms with Gasteiger partial charge in [0.25, 0.3) is 0 Å². The Balaban J connectivity index is 1.36.